The van der Waals surface area contributed by atoms with E-state index in [9.17, 15) is 4.79 Å². The highest BCUT2D eigenvalue weighted by Crippen LogP contribution is 2.52. The van der Waals surface area contributed by atoms with E-state index in [-0.39, 0.29) is 5.69 Å². The van der Waals surface area contributed by atoms with Gasteiger partial charge in [-0.3, -0.25) is 0 Å². The van der Waals surface area contributed by atoms with Gasteiger partial charge in [-0.25, -0.2) is 9.78 Å². The van der Waals surface area contributed by atoms with E-state index in [0.29, 0.717) is 28.2 Å². The van der Waals surface area contributed by atoms with Crippen LogP contribution in [0, 0.1) is 0 Å². The minimum absolute atomic E-state index is 0.288. The Hall–Kier alpha value is -3.74. The normalized spacial score (nSPS) is 16.6. The lowest BCUT2D eigenvalue weighted by atomic mass is 9.79. The van der Waals surface area contributed by atoms with E-state index in [1.807, 2.05) is 67.5 Å². The molecule has 34 heavy (non-hydrogen) atoms. The Morgan fingerprint density at radius 2 is 1.47 bits per heavy atom. The van der Waals surface area contributed by atoms with Crippen molar-refractivity contribution < 1.29 is 19.0 Å². The fourth-order valence-electron chi connectivity index (χ4n) is 4.64. The third-order valence-corrected chi connectivity index (χ3v) is 6.40. The fourth-order valence-corrected chi connectivity index (χ4v) is 4.64. The maximum atomic E-state index is 13.1. The predicted octanol–water partition coefficient (Wildman–Crippen LogP) is 4.47. The van der Waals surface area contributed by atoms with Crippen LogP contribution in [0.2, 0.25) is 0 Å². The minimum Gasteiger partial charge on any atom is -0.496 e. The average molecular weight is 462 g/mol. The van der Waals surface area contributed by atoms with Crippen molar-refractivity contribution in [1.82, 2.24) is 4.98 Å². The summed E-state index contributed by atoms with van der Waals surface area (Å²) >= 11 is 0. The van der Waals surface area contributed by atoms with Gasteiger partial charge in [0.05, 0.1) is 14.2 Å². The van der Waals surface area contributed by atoms with Crippen LogP contribution in [0.3, 0.4) is 0 Å². The molecule has 178 valence electrons. The number of carbonyl (C=O) groups is 1. The van der Waals surface area contributed by atoms with Gasteiger partial charge in [0.1, 0.15) is 11.5 Å². The number of nitrogens with zero attached hydrogens (tertiary/aromatic N) is 3. The van der Waals surface area contributed by atoms with Crippen LogP contribution in [-0.2, 0) is 10.3 Å². The summed E-state index contributed by atoms with van der Waals surface area (Å²) < 4.78 is 18.0. The Morgan fingerprint density at radius 1 is 0.882 bits per heavy atom. The predicted molar refractivity (Wildman–Crippen MR) is 133 cm³/mol. The fraction of sp³-hybridized carbons (Fsp3) is 0.333. The summed E-state index contributed by atoms with van der Waals surface area (Å²) in [6.07, 6.45) is 1.60. The lowest BCUT2D eigenvalue weighted by Gasteiger charge is -2.33. The second-order valence-electron chi connectivity index (χ2n) is 8.31. The molecular weight excluding hydrogens is 430 g/mol. The van der Waals surface area contributed by atoms with Crippen molar-refractivity contribution >= 4 is 17.3 Å². The molecule has 1 aromatic heterocycles. The number of hydrogen-bond donors (Lipinski definition) is 0. The summed E-state index contributed by atoms with van der Waals surface area (Å²) in [4.78, 5) is 21.7. The number of aromatic nitrogens is 1. The van der Waals surface area contributed by atoms with Crippen LogP contribution in [0.4, 0.5) is 11.4 Å². The molecule has 2 heterocycles. The molecule has 0 saturated heterocycles. The van der Waals surface area contributed by atoms with Crippen molar-refractivity contribution in [3.05, 3.63) is 77.1 Å². The van der Waals surface area contributed by atoms with Gasteiger partial charge in [0, 0.05) is 73.6 Å². The number of benzene rings is 2. The van der Waals surface area contributed by atoms with Gasteiger partial charge in [-0.2, -0.15) is 0 Å². The molecule has 0 saturated carbocycles. The van der Waals surface area contributed by atoms with Crippen LogP contribution in [0.25, 0.3) is 0 Å². The maximum Gasteiger partial charge on any atom is 0.358 e. The van der Waals surface area contributed by atoms with E-state index in [4.69, 9.17) is 14.2 Å². The van der Waals surface area contributed by atoms with Crippen molar-refractivity contribution in [2.75, 3.05) is 51.2 Å². The van der Waals surface area contributed by atoms with Crippen molar-refractivity contribution in [2.45, 2.75) is 19.4 Å². The summed E-state index contributed by atoms with van der Waals surface area (Å²) in [7, 11) is 7.18. The summed E-state index contributed by atoms with van der Waals surface area (Å²) in [6, 6.07) is 15.6. The molecule has 0 bridgehead atoms. The number of methoxy groups -OCH3 is 2. The Bertz CT molecular complexity index is 1210. The summed E-state index contributed by atoms with van der Waals surface area (Å²) in [5.41, 5.74) is 3.09. The first-order valence-electron chi connectivity index (χ1n) is 11.4. The third-order valence-electron chi connectivity index (χ3n) is 6.40. The average Bonchev–Trinajstić information content (AvgIpc) is 3.17. The van der Waals surface area contributed by atoms with Crippen molar-refractivity contribution in [2.24, 2.45) is 0 Å². The van der Waals surface area contributed by atoms with Crippen LogP contribution in [0.5, 0.6) is 11.5 Å². The number of rotatable bonds is 8. The first-order valence-corrected chi connectivity index (χ1v) is 11.4. The number of carbonyl (C=O) groups excluding carboxylic acids is 1. The third kappa shape index (κ3) is 3.61. The van der Waals surface area contributed by atoms with E-state index in [1.54, 1.807) is 20.4 Å². The van der Waals surface area contributed by atoms with Gasteiger partial charge < -0.3 is 24.0 Å². The van der Waals surface area contributed by atoms with Gasteiger partial charge in [0.25, 0.3) is 0 Å². The molecule has 0 fully saturated rings. The topological polar surface area (TPSA) is 64.1 Å². The van der Waals surface area contributed by atoms with Crippen molar-refractivity contribution in [3.63, 3.8) is 0 Å². The van der Waals surface area contributed by atoms with E-state index >= 15 is 0 Å². The minimum atomic E-state index is -1.27. The van der Waals surface area contributed by atoms with Gasteiger partial charge in [-0.05, 0) is 44.2 Å². The van der Waals surface area contributed by atoms with Gasteiger partial charge in [-0.15, -0.1) is 0 Å². The Morgan fingerprint density at radius 3 is 2.03 bits per heavy atom. The van der Waals surface area contributed by atoms with Crippen LogP contribution >= 0.6 is 0 Å². The second kappa shape index (κ2) is 9.25. The van der Waals surface area contributed by atoms with Crippen molar-refractivity contribution in [1.29, 1.82) is 0 Å². The number of fused-ring (bicyclic) bond motifs is 1. The molecule has 1 atom stereocenters. The quantitative estimate of drug-likeness (QED) is 0.459. The van der Waals surface area contributed by atoms with Gasteiger partial charge >= 0.3 is 5.97 Å². The van der Waals surface area contributed by atoms with Crippen LogP contribution in [0.15, 0.2) is 54.7 Å². The van der Waals surface area contributed by atoms with Gasteiger partial charge in [0.15, 0.2) is 11.3 Å². The van der Waals surface area contributed by atoms with E-state index < -0.39 is 11.6 Å². The van der Waals surface area contributed by atoms with Crippen LogP contribution in [0.1, 0.15) is 41.0 Å². The highest BCUT2D eigenvalue weighted by molar-refractivity contribution is 5.95. The van der Waals surface area contributed by atoms with Crippen LogP contribution in [-0.4, -0.2) is 52.4 Å². The smallest absolute Gasteiger partial charge is 0.358 e. The standard InChI is InChI=1S/C27H31N3O4/c1-7-30(8-2)19-12-14-21(24(17-19)33-6)27(22-10-9-15-28-25(22)26(31)34-27)20-13-11-18(29(3)4)16-23(20)32-5/h9-17H,7-8H2,1-6H3. The Labute approximate surface area is 200 Å². The molecule has 1 aliphatic heterocycles. The summed E-state index contributed by atoms with van der Waals surface area (Å²) in [6.45, 7) is 5.96. The van der Waals surface area contributed by atoms with Gasteiger partial charge in [-0.1, -0.05) is 6.07 Å². The zero-order valence-corrected chi connectivity index (χ0v) is 20.6. The van der Waals surface area contributed by atoms with E-state index in [0.717, 1.165) is 24.5 Å². The van der Waals surface area contributed by atoms with Gasteiger partial charge in [0.2, 0.25) is 0 Å². The molecule has 3 aromatic rings. The largest absolute Gasteiger partial charge is 0.496 e. The second-order valence-corrected chi connectivity index (χ2v) is 8.31. The highest BCUT2D eigenvalue weighted by Gasteiger charge is 2.52. The molecular formula is C27H31N3O4. The lowest BCUT2D eigenvalue weighted by Crippen LogP contribution is -2.31. The number of cyclic esters (lactones) is 1. The SMILES string of the molecule is CCN(CC)c1ccc(C2(c3ccc(N(C)C)cc3OC)OC(=O)c3ncccc32)c(OC)c1. The number of pyridine rings is 1. The number of ether oxygens (including phenoxy) is 3. The number of anilines is 2. The maximum absolute atomic E-state index is 13.1. The molecule has 7 nitrogen and oxygen atoms in total. The molecule has 0 amide bonds. The molecule has 7 heteroatoms. The molecule has 0 spiro atoms. The summed E-state index contributed by atoms with van der Waals surface area (Å²) in [5.74, 6) is 0.738. The van der Waals surface area contributed by atoms with Crippen LogP contribution < -0.4 is 19.3 Å². The molecule has 0 aliphatic carbocycles. The molecule has 2 aromatic carbocycles. The molecule has 0 N–H and O–H groups in total. The molecule has 0 radical (unpaired) electrons. The Kier molecular flexibility index (Phi) is 6.37. The van der Waals surface area contributed by atoms with Crippen molar-refractivity contribution in [3.8, 4) is 11.5 Å². The monoisotopic (exact) mass is 461 g/mol. The molecule has 1 unspecified atom stereocenters. The zero-order chi connectivity index (χ0) is 24.5. The van der Waals surface area contributed by atoms with E-state index in [2.05, 4.69) is 23.7 Å². The first kappa shape index (κ1) is 23.4. The van der Waals surface area contributed by atoms with E-state index in [1.165, 1.54) is 0 Å². The Balaban J connectivity index is 2.04. The lowest BCUT2D eigenvalue weighted by molar-refractivity contribution is 0.0236. The zero-order valence-electron chi connectivity index (χ0n) is 20.6. The first-order chi connectivity index (χ1) is 16.4. The summed E-state index contributed by atoms with van der Waals surface area (Å²) in [5, 5.41) is 0. The number of hydrogen-bond acceptors (Lipinski definition) is 7. The molecule has 1 aliphatic rings. The highest BCUT2D eigenvalue weighted by atomic mass is 16.6. The number of esters is 1. The molecule has 4 rings (SSSR count).